The second-order valence-corrected chi connectivity index (χ2v) is 8.34. The number of amides is 1. The first kappa shape index (κ1) is 21.2. The van der Waals surface area contributed by atoms with Crippen molar-refractivity contribution in [2.24, 2.45) is 0 Å². The number of carbonyl (C=O) groups excluding carboxylic acids is 1. The largest absolute Gasteiger partial charge is 0.353 e. The zero-order valence-corrected chi connectivity index (χ0v) is 18.3. The number of H-pyrrole nitrogens is 1. The summed E-state index contributed by atoms with van der Waals surface area (Å²) < 4.78 is 1.68. The van der Waals surface area contributed by atoms with E-state index in [0.29, 0.717) is 29.3 Å². The van der Waals surface area contributed by atoms with Gasteiger partial charge in [-0.2, -0.15) is 0 Å². The third-order valence-electron chi connectivity index (χ3n) is 4.97. The number of benzene rings is 1. The highest BCUT2D eigenvalue weighted by molar-refractivity contribution is 7.99. The van der Waals surface area contributed by atoms with Crippen LogP contribution in [0, 0.1) is 20.8 Å². The van der Waals surface area contributed by atoms with Crippen molar-refractivity contribution in [3.63, 3.8) is 0 Å². The number of nitrogens with zero attached hydrogens (tertiary/aromatic N) is 2. The Bertz CT molecular complexity index is 1080. The summed E-state index contributed by atoms with van der Waals surface area (Å²) in [5.74, 6) is 0.146. The molecule has 3 aromatic rings. The van der Waals surface area contributed by atoms with Gasteiger partial charge in [0, 0.05) is 18.8 Å². The van der Waals surface area contributed by atoms with Crippen molar-refractivity contribution < 1.29 is 4.79 Å². The fourth-order valence-electron chi connectivity index (χ4n) is 3.13. The Morgan fingerprint density at radius 3 is 2.72 bits per heavy atom. The number of nitrogens with one attached hydrogen (secondary N) is 2. The Kier molecular flexibility index (Phi) is 6.79. The first-order valence-electron chi connectivity index (χ1n) is 9.94. The maximum Gasteiger partial charge on any atom is 0.278 e. The molecule has 7 heteroatoms. The van der Waals surface area contributed by atoms with Crippen molar-refractivity contribution in [3.05, 3.63) is 57.0 Å². The molecule has 1 amide bonds. The van der Waals surface area contributed by atoms with Crippen LogP contribution in [0.25, 0.3) is 11.0 Å². The number of carbonyl (C=O) groups is 1. The number of hydrogen-bond donors (Lipinski definition) is 2. The number of aromatic amines is 1. The standard InChI is InChI=1S/C22H28N4O2S/c1-5-6-9-26-21(28)20-18(11-16(4)24-20)25-22(26)29-13-19(27)23-12-17-8-7-14(2)15(3)10-17/h7-8,10-11,24H,5-6,9,12-13H2,1-4H3,(H,23,27). The molecule has 0 atom stereocenters. The minimum Gasteiger partial charge on any atom is -0.353 e. The van der Waals surface area contributed by atoms with Crippen LogP contribution in [0.15, 0.2) is 34.2 Å². The molecule has 2 aromatic heterocycles. The van der Waals surface area contributed by atoms with E-state index in [9.17, 15) is 9.59 Å². The van der Waals surface area contributed by atoms with Crippen LogP contribution in [0.3, 0.4) is 0 Å². The van der Waals surface area contributed by atoms with E-state index < -0.39 is 0 Å². The number of aryl methyl sites for hydroxylation is 3. The minimum atomic E-state index is -0.0745. The average Bonchev–Trinajstić information content (AvgIpc) is 3.07. The number of rotatable bonds is 8. The van der Waals surface area contributed by atoms with Crippen LogP contribution in [-0.2, 0) is 17.9 Å². The summed E-state index contributed by atoms with van der Waals surface area (Å²) in [6, 6.07) is 8.05. The first-order chi connectivity index (χ1) is 13.9. The van der Waals surface area contributed by atoms with Gasteiger partial charge in [-0.3, -0.25) is 14.2 Å². The molecular weight excluding hydrogens is 384 g/mol. The van der Waals surface area contributed by atoms with Crippen LogP contribution < -0.4 is 10.9 Å². The Labute approximate surface area is 175 Å². The van der Waals surface area contributed by atoms with Crippen LogP contribution in [0.4, 0.5) is 0 Å². The van der Waals surface area contributed by atoms with Crippen molar-refractivity contribution in [3.8, 4) is 0 Å². The molecule has 2 heterocycles. The van der Waals surface area contributed by atoms with Crippen molar-refractivity contribution in [1.29, 1.82) is 0 Å². The average molecular weight is 413 g/mol. The Hall–Kier alpha value is -2.54. The summed E-state index contributed by atoms with van der Waals surface area (Å²) in [5.41, 5.74) is 5.54. The zero-order chi connectivity index (χ0) is 21.0. The molecule has 0 saturated heterocycles. The second kappa shape index (κ2) is 9.31. The minimum absolute atomic E-state index is 0.0742. The maximum atomic E-state index is 12.9. The highest BCUT2D eigenvalue weighted by atomic mass is 32.2. The molecular formula is C22H28N4O2S. The van der Waals surface area contributed by atoms with Gasteiger partial charge < -0.3 is 10.3 Å². The lowest BCUT2D eigenvalue weighted by Crippen LogP contribution is -2.27. The third-order valence-corrected chi connectivity index (χ3v) is 5.94. The SMILES string of the molecule is CCCCn1c(SCC(=O)NCc2ccc(C)c(C)c2)nc2cc(C)[nH]c2c1=O. The lowest BCUT2D eigenvalue weighted by atomic mass is 10.1. The van der Waals surface area contributed by atoms with E-state index in [0.717, 1.165) is 24.1 Å². The van der Waals surface area contributed by atoms with Gasteiger partial charge in [0.2, 0.25) is 5.91 Å². The fourth-order valence-corrected chi connectivity index (χ4v) is 3.99. The molecule has 0 aliphatic rings. The van der Waals surface area contributed by atoms with Crippen molar-refractivity contribution >= 4 is 28.7 Å². The van der Waals surface area contributed by atoms with Gasteiger partial charge in [-0.05, 0) is 49.9 Å². The summed E-state index contributed by atoms with van der Waals surface area (Å²) in [4.78, 5) is 33.0. The Morgan fingerprint density at radius 2 is 2.00 bits per heavy atom. The monoisotopic (exact) mass is 412 g/mol. The highest BCUT2D eigenvalue weighted by Gasteiger charge is 2.14. The topological polar surface area (TPSA) is 79.8 Å². The maximum absolute atomic E-state index is 12.9. The molecule has 0 aliphatic heterocycles. The smallest absolute Gasteiger partial charge is 0.278 e. The van der Waals surface area contributed by atoms with E-state index in [4.69, 9.17) is 0 Å². The summed E-state index contributed by atoms with van der Waals surface area (Å²) in [7, 11) is 0. The molecule has 154 valence electrons. The Morgan fingerprint density at radius 1 is 1.21 bits per heavy atom. The molecule has 0 unspecified atom stereocenters. The summed E-state index contributed by atoms with van der Waals surface area (Å²) in [6.07, 6.45) is 1.87. The van der Waals surface area contributed by atoms with Crippen LogP contribution in [0.1, 0.15) is 42.1 Å². The van der Waals surface area contributed by atoms with Gasteiger partial charge in [-0.1, -0.05) is 43.3 Å². The van der Waals surface area contributed by atoms with Crippen molar-refractivity contribution in [2.45, 2.75) is 58.8 Å². The number of hydrogen-bond acceptors (Lipinski definition) is 4. The summed E-state index contributed by atoms with van der Waals surface area (Å²) >= 11 is 1.31. The molecule has 3 rings (SSSR count). The second-order valence-electron chi connectivity index (χ2n) is 7.40. The van der Waals surface area contributed by atoms with Crippen LogP contribution in [0.2, 0.25) is 0 Å². The van der Waals surface area contributed by atoms with Crippen molar-refractivity contribution in [2.75, 3.05) is 5.75 Å². The number of thioether (sulfide) groups is 1. The van der Waals surface area contributed by atoms with Gasteiger partial charge in [0.25, 0.3) is 5.56 Å². The lowest BCUT2D eigenvalue weighted by Gasteiger charge is -2.12. The number of unbranched alkanes of at least 4 members (excludes halogenated alkanes) is 1. The van der Waals surface area contributed by atoms with Gasteiger partial charge in [0.15, 0.2) is 5.16 Å². The van der Waals surface area contributed by atoms with Crippen LogP contribution >= 0.6 is 11.8 Å². The molecule has 0 radical (unpaired) electrons. The van der Waals surface area contributed by atoms with Gasteiger partial charge in [-0.15, -0.1) is 0 Å². The van der Waals surface area contributed by atoms with Gasteiger partial charge in [-0.25, -0.2) is 4.98 Å². The summed E-state index contributed by atoms with van der Waals surface area (Å²) in [5, 5.41) is 3.55. The van der Waals surface area contributed by atoms with Crippen LogP contribution in [-0.4, -0.2) is 26.2 Å². The summed E-state index contributed by atoms with van der Waals surface area (Å²) in [6.45, 7) is 9.22. The fraction of sp³-hybridized carbons (Fsp3) is 0.409. The van der Waals surface area contributed by atoms with Crippen LogP contribution in [0.5, 0.6) is 0 Å². The molecule has 2 N–H and O–H groups in total. The van der Waals surface area contributed by atoms with Gasteiger partial charge >= 0.3 is 0 Å². The third kappa shape index (κ3) is 5.09. The first-order valence-corrected chi connectivity index (χ1v) is 10.9. The van der Waals surface area contributed by atoms with E-state index in [2.05, 4.69) is 48.2 Å². The van der Waals surface area contributed by atoms with E-state index >= 15 is 0 Å². The quantitative estimate of drug-likeness (QED) is 0.435. The lowest BCUT2D eigenvalue weighted by molar-refractivity contribution is -0.118. The predicted octanol–water partition coefficient (Wildman–Crippen LogP) is 3.86. The molecule has 1 aromatic carbocycles. The van der Waals surface area contributed by atoms with Gasteiger partial charge in [0.1, 0.15) is 5.52 Å². The molecule has 6 nitrogen and oxygen atoms in total. The molecule has 0 saturated carbocycles. The van der Waals surface area contributed by atoms with E-state index in [1.54, 1.807) is 4.57 Å². The van der Waals surface area contributed by atoms with E-state index in [-0.39, 0.29) is 17.2 Å². The predicted molar refractivity (Wildman–Crippen MR) is 118 cm³/mol. The molecule has 0 aliphatic carbocycles. The van der Waals surface area contributed by atoms with E-state index in [1.165, 1.54) is 22.9 Å². The van der Waals surface area contributed by atoms with Crippen molar-refractivity contribution in [1.82, 2.24) is 19.9 Å². The highest BCUT2D eigenvalue weighted by Crippen LogP contribution is 2.19. The number of fused-ring (bicyclic) bond motifs is 1. The van der Waals surface area contributed by atoms with E-state index in [1.807, 2.05) is 19.1 Å². The number of aromatic nitrogens is 3. The van der Waals surface area contributed by atoms with Gasteiger partial charge in [0.05, 0.1) is 11.3 Å². The zero-order valence-electron chi connectivity index (χ0n) is 17.5. The molecule has 29 heavy (non-hydrogen) atoms. The Balaban J connectivity index is 1.70. The molecule has 0 bridgehead atoms. The molecule has 0 fully saturated rings. The molecule has 0 spiro atoms. The normalized spacial score (nSPS) is 11.2.